The van der Waals surface area contributed by atoms with Gasteiger partial charge in [-0.05, 0) is 86.0 Å². The molecule has 2 atom stereocenters. The Morgan fingerprint density at radius 2 is 1.58 bits per heavy atom. The summed E-state index contributed by atoms with van der Waals surface area (Å²) in [5.41, 5.74) is 2.58. The molecule has 33 heavy (non-hydrogen) atoms. The summed E-state index contributed by atoms with van der Waals surface area (Å²) in [4.78, 5) is 0. The van der Waals surface area contributed by atoms with E-state index in [9.17, 15) is 8.78 Å². The van der Waals surface area contributed by atoms with Crippen molar-refractivity contribution in [1.29, 1.82) is 0 Å². The van der Waals surface area contributed by atoms with Crippen LogP contribution in [-0.2, 0) is 11.2 Å². The van der Waals surface area contributed by atoms with Crippen molar-refractivity contribution in [1.82, 2.24) is 0 Å². The van der Waals surface area contributed by atoms with Crippen molar-refractivity contribution in [2.75, 3.05) is 7.11 Å². The molecule has 2 aliphatic rings. The van der Waals surface area contributed by atoms with Gasteiger partial charge in [0.05, 0.1) is 6.10 Å². The molecule has 1 fully saturated rings. The maximum atomic E-state index is 15.0. The van der Waals surface area contributed by atoms with E-state index in [1.807, 2.05) is 24.3 Å². The molecule has 0 spiro atoms. The van der Waals surface area contributed by atoms with Crippen LogP contribution in [0.4, 0.5) is 13.2 Å². The molecule has 4 rings (SSSR count). The van der Waals surface area contributed by atoms with Crippen molar-refractivity contribution in [3.05, 3.63) is 71.1 Å². The second kappa shape index (κ2) is 10.9. The molecule has 0 aliphatic heterocycles. The topological polar surface area (TPSA) is 9.23 Å². The number of halogens is 3. The lowest BCUT2D eigenvalue weighted by Crippen LogP contribution is -2.18. The van der Waals surface area contributed by atoms with Gasteiger partial charge in [-0.2, -0.15) is 0 Å². The van der Waals surface area contributed by atoms with Gasteiger partial charge in [-0.3, -0.25) is 0 Å². The van der Waals surface area contributed by atoms with Crippen LogP contribution in [0.5, 0.6) is 0 Å². The number of hydrogen-bond acceptors (Lipinski definition) is 1. The standard InChI is InChI=1S/C29H35F3O/c1-3-19-4-9-21(10-5-19)25-16-17-26(29(32)28(25)31)22-11-6-20(7-12-22)8-13-23-14-15-24(33-2)18-27(23)30/h6-7,11-12,16-19,21,23-24H,3-5,8-10,13-15H2,1-2H3. The van der Waals surface area contributed by atoms with E-state index in [-0.39, 0.29) is 23.8 Å². The average Bonchev–Trinajstić information content (AvgIpc) is 2.85. The number of ether oxygens (including phenoxy) is 1. The van der Waals surface area contributed by atoms with E-state index < -0.39 is 11.6 Å². The summed E-state index contributed by atoms with van der Waals surface area (Å²) in [5.74, 6) is -0.745. The van der Waals surface area contributed by atoms with Crippen molar-refractivity contribution in [3.8, 4) is 11.1 Å². The SMILES string of the molecule is CCC1CCC(c2ccc(-c3ccc(CCC4CCC(OC)C=C4F)cc3)c(F)c2F)CC1. The van der Waals surface area contributed by atoms with Gasteiger partial charge in [0.25, 0.3) is 0 Å². The van der Waals surface area contributed by atoms with Gasteiger partial charge in [0.1, 0.15) is 5.83 Å². The largest absolute Gasteiger partial charge is 0.377 e. The fourth-order valence-corrected chi connectivity index (χ4v) is 5.54. The van der Waals surface area contributed by atoms with Crippen LogP contribution in [0.2, 0.25) is 0 Å². The first-order valence-electron chi connectivity index (χ1n) is 12.5. The maximum absolute atomic E-state index is 15.0. The molecule has 4 heteroatoms. The molecule has 0 N–H and O–H groups in total. The van der Waals surface area contributed by atoms with Crippen LogP contribution in [0, 0.1) is 23.5 Å². The van der Waals surface area contributed by atoms with Crippen LogP contribution in [0.1, 0.15) is 75.3 Å². The Balaban J connectivity index is 1.41. The van der Waals surface area contributed by atoms with Crippen molar-refractivity contribution >= 4 is 0 Å². The number of allylic oxidation sites excluding steroid dienone is 1. The molecule has 2 aromatic carbocycles. The third-order valence-corrected chi connectivity index (χ3v) is 7.86. The highest BCUT2D eigenvalue weighted by molar-refractivity contribution is 5.65. The van der Waals surface area contributed by atoms with Gasteiger partial charge < -0.3 is 4.74 Å². The van der Waals surface area contributed by atoms with Crippen LogP contribution in [0.15, 0.2) is 48.3 Å². The van der Waals surface area contributed by atoms with E-state index in [4.69, 9.17) is 4.74 Å². The fraction of sp³-hybridized carbons (Fsp3) is 0.517. The lowest BCUT2D eigenvalue weighted by Gasteiger charge is -2.28. The first-order chi connectivity index (χ1) is 16.0. The van der Waals surface area contributed by atoms with Crippen LogP contribution in [-0.4, -0.2) is 13.2 Å². The lowest BCUT2D eigenvalue weighted by atomic mass is 9.77. The summed E-state index contributed by atoms with van der Waals surface area (Å²) in [6.45, 7) is 2.20. The zero-order chi connectivity index (χ0) is 23.4. The number of hydrogen-bond donors (Lipinski definition) is 0. The third kappa shape index (κ3) is 5.54. The molecular weight excluding hydrogens is 421 g/mol. The minimum atomic E-state index is -0.750. The highest BCUT2D eigenvalue weighted by atomic mass is 19.2. The monoisotopic (exact) mass is 456 g/mol. The molecule has 0 heterocycles. The zero-order valence-electron chi connectivity index (χ0n) is 19.8. The van der Waals surface area contributed by atoms with Gasteiger partial charge >= 0.3 is 0 Å². The summed E-state index contributed by atoms with van der Waals surface area (Å²) < 4.78 is 49.5. The minimum Gasteiger partial charge on any atom is -0.377 e. The van der Waals surface area contributed by atoms with Gasteiger partial charge in [-0.1, -0.05) is 49.7 Å². The quantitative estimate of drug-likeness (QED) is 0.406. The molecule has 1 nitrogen and oxygen atoms in total. The molecule has 0 saturated heterocycles. The second-order valence-corrected chi connectivity index (χ2v) is 9.79. The van der Waals surface area contributed by atoms with Crippen LogP contribution in [0.3, 0.4) is 0 Å². The molecule has 0 aromatic heterocycles. The summed E-state index contributed by atoms with van der Waals surface area (Å²) in [7, 11) is 1.61. The summed E-state index contributed by atoms with van der Waals surface area (Å²) >= 11 is 0. The third-order valence-electron chi connectivity index (χ3n) is 7.86. The Hall–Kier alpha value is -2.07. The molecule has 2 aromatic rings. The van der Waals surface area contributed by atoms with Gasteiger partial charge in [-0.15, -0.1) is 0 Å². The fourth-order valence-electron chi connectivity index (χ4n) is 5.54. The van der Waals surface area contributed by atoms with E-state index in [1.54, 1.807) is 25.3 Å². The van der Waals surface area contributed by atoms with Crippen molar-refractivity contribution in [2.45, 2.75) is 76.7 Å². The summed E-state index contributed by atoms with van der Waals surface area (Å²) in [6, 6.07) is 11.1. The van der Waals surface area contributed by atoms with Gasteiger partial charge in [0.2, 0.25) is 0 Å². The van der Waals surface area contributed by atoms with Gasteiger partial charge in [-0.25, -0.2) is 13.2 Å². The smallest absolute Gasteiger partial charge is 0.166 e. The normalized spacial score (nSPS) is 25.7. The van der Waals surface area contributed by atoms with E-state index in [1.165, 1.54) is 6.42 Å². The van der Waals surface area contributed by atoms with Gasteiger partial charge in [0.15, 0.2) is 11.6 Å². The van der Waals surface area contributed by atoms with Crippen LogP contribution >= 0.6 is 0 Å². The van der Waals surface area contributed by atoms with Crippen LogP contribution in [0.25, 0.3) is 11.1 Å². The summed E-state index contributed by atoms with van der Waals surface area (Å²) in [6.07, 6.45) is 9.82. The van der Waals surface area contributed by atoms with Crippen molar-refractivity contribution < 1.29 is 17.9 Å². The van der Waals surface area contributed by atoms with E-state index in [0.717, 1.165) is 62.8 Å². The highest BCUT2D eigenvalue weighted by Crippen LogP contribution is 2.40. The second-order valence-electron chi connectivity index (χ2n) is 9.79. The first-order valence-corrected chi connectivity index (χ1v) is 12.5. The Labute approximate surface area is 196 Å². The van der Waals surface area contributed by atoms with E-state index >= 15 is 4.39 Å². The lowest BCUT2D eigenvalue weighted by molar-refractivity contribution is 0.114. The number of methoxy groups -OCH3 is 1. The summed E-state index contributed by atoms with van der Waals surface area (Å²) in [5, 5.41) is 0. The van der Waals surface area contributed by atoms with E-state index in [0.29, 0.717) is 16.7 Å². The Bertz CT molecular complexity index is 958. The van der Waals surface area contributed by atoms with E-state index in [2.05, 4.69) is 6.92 Å². The first kappa shape index (κ1) is 24.1. The molecule has 178 valence electrons. The van der Waals surface area contributed by atoms with Gasteiger partial charge in [0, 0.05) is 18.6 Å². The molecule has 0 radical (unpaired) electrons. The minimum absolute atomic E-state index is 0.0671. The number of rotatable bonds is 7. The molecule has 0 bridgehead atoms. The predicted molar refractivity (Wildman–Crippen MR) is 128 cm³/mol. The zero-order valence-corrected chi connectivity index (χ0v) is 19.8. The predicted octanol–water partition coefficient (Wildman–Crippen LogP) is 8.53. The van der Waals surface area contributed by atoms with Crippen LogP contribution < -0.4 is 0 Å². The molecule has 1 saturated carbocycles. The van der Waals surface area contributed by atoms with Crippen molar-refractivity contribution in [2.24, 2.45) is 11.8 Å². The molecule has 2 unspecified atom stereocenters. The Morgan fingerprint density at radius 3 is 2.21 bits per heavy atom. The Kier molecular flexibility index (Phi) is 7.95. The Morgan fingerprint density at radius 1 is 0.848 bits per heavy atom. The molecule has 2 aliphatic carbocycles. The maximum Gasteiger partial charge on any atom is 0.166 e. The highest BCUT2D eigenvalue weighted by Gasteiger charge is 2.26. The van der Waals surface area contributed by atoms with Crippen molar-refractivity contribution in [3.63, 3.8) is 0 Å². The number of benzene rings is 2. The molecule has 0 amide bonds. The average molecular weight is 457 g/mol. The molecular formula is C29H35F3O. The number of aryl methyl sites for hydroxylation is 1.